The van der Waals surface area contributed by atoms with Gasteiger partial charge in [-0.15, -0.1) is 0 Å². The van der Waals surface area contributed by atoms with Gasteiger partial charge in [0.2, 0.25) is 5.12 Å². The number of allylic oxidation sites excluding steroid dienone is 2. The van der Waals surface area contributed by atoms with Gasteiger partial charge in [0.05, 0.1) is 10.8 Å². The van der Waals surface area contributed by atoms with E-state index >= 15 is 0 Å². The summed E-state index contributed by atoms with van der Waals surface area (Å²) in [5.74, 6) is 0.0390. The van der Waals surface area contributed by atoms with Crippen molar-refractivity contribution in [3.8, 4) is 0 Å². The maximum absolute atomic E-state index is 12.4. The first-order valence-electron chi connectivity index (χ1n) is 9.69. The molecule has 5 nitrogen and oxygen atoms in total. The zero-order valence-corrected chi connectivity index (χ0v) is 17.0. The number of ketones is 1. The van der Waals surface area contributed by atoms with Gasteiger partial charge in [0, 0.05) is 6.54 Å². The van der Waals surface area contributed by atoms with Crippen LogP contribution in [0, 0.1) is 11.8 Å². The second kappa shape index (κ2) is 9.58. The van der Waals surface area contributed by atoms with Crippen LogP contribution in [-0.2, 0) is 14.3 Å². The van der Waals surface area contributed by atoms with Gasteiger partial charge in [-0.05, 0) is 57.7 Å². The van der Waals surface area contributed by atoms with Gasteiger partial charge in [0.1, 0.15) is 5.60 Å². The molecular formula is C20H31NO4S. The molecule has 2 rings (SSSR count). The third kappa shape index (κ3) is 6.78. The quantitative estimate of drug-likeness (QED) is 0.537. The number of thioether (sulfide) groups is 1. The number of nitrogens with one attached hydrogen (secondary N) is 1. The standard InChI is InChI=1S/C20H31NO4S/c1-20(2,3)25-19(24)21-13-12-15-17(22)16(26-18(15)23)11-7-10-14-8-5-4-6-9-14/h11,14-15H,4-10,12-13H2,1-3H3,(H,21,24). The van der Waals surface area contributed by atoms with Gasteiger partial charge in [0.15, 0.2) is 5.78 Å². The van der Waals surface area contributed by atoms with Crippen LogP contribution in [-0.4, -0.2) is 29.1 Å². The lowest BCUT2D eigenvalue weighted by atomic mass is 9.86. The highest BCUT2D eigenvalue weighted by Crippen LogP contribution is 2.36. The molecule has 2 fully saturated rings. The van der Waals surface area contributed by atoms with Gasteiger partial charge < -0.3 is 10.1 Å². The van der Waals surface area contributed by atoms with E-state index in [1.54, 1.807) is 20.8 Å². The van der Waals surface area contributed by atoms with E-state index in [1.807, 2.05) is 6.08 Å². The Hall–Kier alpha value is -1.30. The van der Waals surface area contributed by atoms with E-state index in [0.29, 0.717) is 11.3 Å². The molecule has 6 heteroatoms. The van der Waals surface area contributed by atoms with Crippen LogP contribution in [0.15, 0.2) is 11.0 Å². The van der Waals surface area contributed by atoms with E-state index in [4.69, 9.17) is 4.74 Å². The van der Waals surface area contributed by atoms with E-state index in [0.717, 1.165) is 30.5 Å². The lowest BCUT2D eigenvalue weighted by molar-refractivity contribution is -0.124. The number of amides is 1. The Kier molecular flexibility index (Phi) is 7.74. The number of ether oxygens (including phenoxy) is 1. The smallest absolute Gasteiger partial charge is 0.407 e. The summed E-state index contributed by atoms with van der Waals surface area (Å²) in [4.78, 5) is 36.8. The number of hydrogen-bond acceptors (Lipinski definition) is 5. The molecule has 1 unspecified atom stereocenters. The Morgan fingerprint density at radius 3 is 2.54 bits per heavy atom. The predicted molar refractivity (Wildman–Crippen MR) is 104 cm³/mol. The molecule has 1 saturated carbocycles. The summed E-state index contributed by atoms with van der Waals surface area (Å²) in [7, 11) is 0. The molecule has 0 aromatic rings. The Bertz CT molecular complexity index is 559. The van der Waals surface area contributed by atoms with Gasteiger partial charge >= 0.3 is 6.09 Å². The molecule has 2 aliphatic rings. The molecule has 0 aromatic heterocycles. The average Bonchev–Trinajstić information content (AvgIpc) is 2.82. The highest BCUT2D eigenvalue weighted by molar-refractivity contribution is 8.18. The average molecular weight is 382 g/mol. The van der Waals surface area contributed by atoms with Crippen LogP contribution in [0.4, 0.5) is 4.79 Å². The van der Waals surface area contributed by atoms with Crippen LogP contribution < -0.4 is 5.32 Å². The van der Waals surface area contributed by atoms with Gasteiger partial charge in [0.25, 0.3) is 0 Å². The van der Waals surface area contributed by atoms with Crippen molar-refractivity contribution >= 4 is 28.8 Å². The lowest BCUT2D eigenvalue weighted by Crippen LogP contribution is -2.34. The molecule has 1 atom stereocenters. The minimum atomic E-state index is -0.643. The van der Waals surface area contributed by atoms with E-state index in [-0.39, 0.29) is 17.4 Å². The zero-order chi connectivity index (χ0) is 19.2. The van der Waals surface area contributed by atoms with Crippen LogP contribution in [0.25, 0.3) is 0 Å². The van der Waals surface area contributed by atoms with E-state index < -0.39 is 17.6 Å². The predicted octanol–water partition coefficient (Wildman–Crippen LogP) is 4.60. The van der Waals surface area contributed by atoms with Crippen molar-refractivity contribution < 1.29 is 19.1 Å². The van der Waals surface area contributed by atoms with Crippen molar-refractivity contribution in [1.82, 2.24) is 5.32 Å². The summed E-state index contributed by atoms with van der Waals surface area (Å²) in [5, 5.41) is 2.51. The van der Waals surface area contributed by atoms with Crippen LogP contribution >= 0.6 is 11.8 Å². The normalized spacial score (nSPS) is 23.5. The van der Waals surface area contributed by atoms with Crippen LogP contribution in [0.5, 0.6) is 0 Å². The molecule has 1 saturated heterocycles. The maximum Gasteiger partial charge on any atom is 0.407 e. The fraction of sp³-hybridized carbons (Fsp3) is 0.750. The lowest BCUT2D eigenvalue weighted by Gasteiger charge is -2.20. The summed E-state index contributed by atoms with van der Waals surface area (Å²) in [5.41, 5.74) is -0.562. The molecule has 26 heavy (non-hydrogen) atoms. The highest BCUT2D eigenvalue weighted by Gasteiger charge is 2.37. The Morgan fingerprint density at radius 1 is 1.19 bits per heavy atom. The van der Waals surface area contributed by atoms with E-state index in [2.05, 4.69) is 5.32 Å². The first-order valence-corrected chi connectivity index (χ1v) is 10.5. The molecule has 146 valence electrons. The third-order valence-corrected chi connectivity index (χ3v) is 5.86. The van der Waals surface area contributed by atoms with Crippen molar-refractivity contribution in [2.75, 3.05) is 6.54 Å². The molecule has 0 spiro atoms. The van der Waals surface area contributed by atoms with Crippen LogP contribution in [0.2, 0.25) is 0 Å². The van der Waals surface area contributed by atoms with Crippen molar-refractivity contribution in [3.05, 3.63) is 11.0 Å². The second-order valence-electron chi connectivity index (χ2n) is 8.21. The first kappa shape index (κ1) is 21.0. The number of alkyl carbamates (subject to hydrolysis) is 1. The largest absolute Gasteiger partial charge is 0.444 e. The van der Waals surface area contributed by atoms with Gasteiger partial charge in [-0.25, -0.2) is 4.79 Å². The first-order chi connectivity index (χ1) is 12.3. The highest BCUT2D eigenvalue weighted by atomic mass is 32.2. The number of rotatable bonds is 6. The monoisotopic (exact) mass is 381 g/mol. The molecule has 1 heterocycles. The van der Waals surface area contributed by atoms with Crippen molar-refractivity contribution in [2.45, 2.75) is 77.7 Å². The molecule has 0 radical (unpaired) electrons. The molecule has 1 N–H and O–H groups in total. The number of carbonyl (C=O) groups excluding carboxylic acids is 3. The minimum absolute atomic E-state index is 0.0883. The van der Waals surface area contributed by atoms with E-state index in [1.165, 1.54) is 32.1 Å². The summed E-state index contributed by atoms with van der Waals surface area (Å²) in [6.45, 7) is 5.62. The number of carbonyl (C=O) groups is 3. The summed E-state index contributed by atoms with van der Waals surface area (Å²) >= 11 is 1.07. The van der Waals surface area contributed by atoms with Crippen molar-refractivity contribution in [3.63, 3.8) is 0 Å². The maximum atomic E-state index is 12.4. The van der Waals surface area contributed by atoms with Crippen LogP contribution in [0.1, 0.15) is 72.1 Å². The van der Waals surface area contributed by atoms with Crippen molar-refractivity contribution in [1.29, 1.82) is 0 Å². The van der Waals surface area contributed by atoms with Gasteiger partial charge in [-0.2, -0.15) is 0 Å². The number of Topliss-reactive ketones (excluding diaryl/α,β-unsaturated/α-hetero) is 1. The van der Waals surface area contributed by atoms with Crippen LogP contribution in [0.3, 0.4) is 0 Å². The topological polar surface area (TPSA) is 72.5 Å². The van der Waals surface area contributed by atoms with E-state index in [9.17, 15) is 14.4 Å². The third-order valence-electron chi connectivity index (χ3n) is 4.79. The Balaban J connectivity index is 1.75. The fourth-order valence-corrected chi connectivity index (χ4v) is 4.49. The molecule has 0 aromatic carbocycles. The minimum Gasteiger partial charge on any atom is -0.444 e. The summed E-state index contributed by atoms with van der Waals surface area (Å²) in [6, 6.07) is 0. The molecule has 0 bridgehead atoms. The molecular weight excluding hydrogens is 350 g/mol. The molecule has 1 aliphatic heterocycles. The number of hydrogen-bond donors (Lipinski definition) is 1. The summed E-state index contributed by atoms with van der Waals surface area (Å²) in [6.07, 6.45) is 10.3. The van der Waals surface area contributed by atoms with Crippen molar-refractivity contribution in [2.24, 2.45) is 11.8 Å². The second-order valence-corrected chi connectivity index (χ2v) is 9.25. The molecule has 1 amide bonds. The molecule has 1 aliphatic carbocycles. The summed E-state index contributed by atoms with van der Waals surface area (Å²) < 4.78 is 5.15. The fourth-order valence-electron chi connectivity index (χ4n) is 3.46. The zero-order valence-electron chi connectivity index (χ0n) is 16.1. The SMILES string of the molecule is CC(C)(C)OC(=O)NCCC1C(=O)SC(=CCCC2CCCCC2)C1=O. The van der Waals surface area contributed by atoms with Gasteiger partial charge in [-0.1, -0.05) is 38.2 Å². The Labute approximate surface area is 160 Å². The van der Waals surface area contributed by atoms with Gasteiger partial charge in [-0.3, -0.25) is 9.59 Å². The Morgan fingerprint density at radius 2 is 1.88 bits per heavy atom.